The van der Waals surface area contributed by atoms with Crippen molar-refractivity contribution in [3.63, 3.8) is 0 Å². The minimum atomic E-state index is -4.97. The van der Waals surface area contributed by atoms with E-state index < -0.39 is 42.0 Å². The molecular weight excluding hydrogens is 512 g/mol. The van der Waals surface area contributed by atoms with Gasteiger partial charge in [0.25, 0.3) is 0 Å². The van der Waals surface area contributed by atoms with E-state index in [9.17, 15) is 36.2 Å². The summed E-state index contributed by atoms with van der Waals surface area (Å²) < 4.78 is 79.5. The number of rotatable bonds is 6. The van der Waals surface area contributed by atoms with E-state index in [1.807, 2.05) is 4.90 Å². The van der Waals surface area contributed by atoms with Crippen LogP contribution in [0.5, 0.6) is 5.75 Å². The molecule has 2 aromatic carbocycles. The zero-order chi connectivity index (χ0) is 27.5. The first-order valence-corrected chi connectivity index (χ1v) is 12.7. The average molecular weight is 546 g/mol. The van der Waals surface area contributed by atoms with Gasteiger partial charge >= 0.3 is 12.4 Å². The molecule has 11 heteroatoms. The molecule has 1 saturated carbocycles. The van der Waals surface area contributed by atoms with Crippen LogP contribution in [0, 0.1) is 0 Å². The molecule has 1 amide bonds. The lowest BCUT2D eigenvalue weighted by molar-refractivity contribution is -0.143. The number of alkyl halides is 6. The molecule has 0 spiro atoms. The highest BCUT2D eigenvalue weighted by molar-refractivity contribution is 5.83. The molecule has 4 rings (SSSR count). The smallest absolute Gasteiger partial charge is 0.416 e. The molecular formula is C27H33F6N3O2. The van der Waals surface area contributed by atoms with E-state index >= 15 is 0 Å². The zero-order valence-corrected chi connectivity index (χ0v) is 20.8. The molecule has 210 valence electrons. The predicted octanol–water partition coefficient (Wildman–Crippen LogP) is 5.98. The molecule has 2 fully saturated rings. The van der Waals surface area contributed by atoms with E-state index in [1.54, 1.807) is 12.1 Å². The van der Waals surface area contributed by atoms with E-state index in [0.29, 0.717) is 36.8 Å². The summed E-state index contributed by atoms with van der Waals surface area (Å²) in [6.07, 6.45) is -4.01. The van der Waals surface area contributed by atoms with Gasteiger partial charge in [-0.25, -0.2) is 0 Å². The number of carbonyl (C=O) groups is 1. The van der Waals surface area contributed by atoms with Gasteiger partial charge in [-0.1, -0.05) is 31.4 Å². The fraction of sp³-hybridized carbons (Fsp3) is 0.519. The van der Waals surface area contributed by atoms with E-state index in [-0.39, 0.29) is 18.8 Å². The fourth-order valence-electron chi connectivity index (χ4n) is 5.44. The monoisotopic (exact) mass is 545 g/mol. The minimum absolute atomic E-state index is 0. The molecule has 0 aromatic heterocycles. The van der Waals surface area contributed by atoms with Crippen molar-refractivity contribution in [2.45, 2.75) is 63.1 Å². The van der Waals surface area contributed by atoms with Crippen LogP contribution in [0.15, 0.2) is 42.5 Å². The van der Waals surface area contributed by atoms with Crippen LogP contribution < -0.4 is 5.32 Å². The Bertz CT molecular complexity index is 1080. The van der Waals surface area contributed by atoms with Crippen LogP contribution in [0.3, 0.4) is 0 Å². The van der Waals surface area contributed by atoms with Gasteiger partial charge in [-0.15, -0.1) is 0 Å². The molecule has 38 heavy (non-hydrogen) atoms. The molecule has 0 radical (unpaired) electrons. The topological polar surface area (TPSA) is 55.8 Å². The van der Waals surface area contributed by atoms with E-state index in [0.717, 1.165) is 25.9 Å². The fourth-order valence-corrected chi connectivity index (χ4v) is 5.44. The number of carbonyl (C=O) groups excluding carboxylic acids is 1. The quantitative estimate of drug-likeness (QED) is 0.439. The summed E-state index contributed by atoms with van der Waals surface area (Å²) in [5, 5.41) is 12.5. The number of phenols is 1. The first kappa shape index (κ1) is 28.2. The second-order valence-corrected chi connectivity index (χ2v) is 9.99. The number of hydrogen-bond acceptors (Lipinski definition) is 4. The van der Waals surface area contributed by atoms with Gasteiger partial charge in [0.1, 0.15) is 11.8 Å². The minimum Gasteiger partial charge on any atom is -0.508 e. The summed E-state index contributed by atoms with van der Waals surface area (Å²) in [5.74, 6) is -0.610. The van der Waals surface area contributed by atoms with Crippen LogP contribution in [-0.4, -0.2) is 53.0 Å². The van der Waals surface area contributed by atoms with Crippen LogP contribution in [0.4, 0.5) is 26.3 Å². The number of amides is 1. The van der Waals surface area contributed by atoms with Gasteiger partial charge in [0.05, 0.1) is 11.1 Å². The standard InChI is InChI=1S/C27H31F6N3O2.H2/c28-26(29,30)20-13-18(14-21(16-20)27(31,32)33)17-34-25(38)24(19-5-4-8-23(37)15-19)36-11-9-35(10-12-36)22-6-2-1-3-7-22;/h4-5,8,13-16,22,24,37H,1-3,6-7,9-12,17H2,(H,34,38);1H. The summed E-state index contributed by atoms with van der Waals surface area (Å²) in [6, 6.07) is 7.11. The number of nitrogens with zero attached hydrogens (tertiary/aromatic N) is 2. The Morgan fingerprint density at radius 1 is 0.921 bits per heavy atom. The van der Waals surface area contributed by atoms with Crippen molar-refractivity contribution in [3.8, 4) is 5.75 Å². The second-order valence-electron chi connectivity index (χ2n) is 9.99. The van der Waals surface area contributed by atoms with Crippen LogP contribution in [-0.2, 0) is 23.7 Å². The van der Waals surface area contributed by atoms with Gasteiger partial charge in [0.15, 0.2) is 0 Å². The number of hydrogen-bond donors (Lipinski definition) is 2. The number of halogens is 6. The summed E-state index contributed by atoms with van der Waals surface area (Å²) in [5.41, 5.74) is -2.68. The maximum absolute atomic E-state index is 13.4. The SMILES string of the molecule is O=C(NCc1cc(C(F)(F)F)cc(C(F)(F)F)c1)C(c1cccc(O)c1)N1CCN(C2CCCCC2)CC1.[HH]. The molecule has 1 saturated heterocycles. The normalized spacial score (nSPS) is 19.3. The molecule has 0 bridgehead atoms. The molecule has 1 atom stereocenters. The summed E-state index contributed by atoms with van der Waals surface area (Å²) in [4.78, 5) is 17.7. The maximum atomic E-state index is 13.4. The van der Waals surface area contributed by atoms with Crippen LogP contribution in [0.25, 0.3) is 0 Å². The Morgan fingerprint density at radius 3 is 2.08 bits per heavy atom. The Hall–Kier alpha value is -2.79. The van der Waals surface area contributed by atoms with Gasteiger partial charge in [0.2, 0.25) is 5.91 Å². The molecule has 1 unspecified atom stereocenters. The van der Waals surface area contributed by atoms with Crippen LogP contribution in [0.1, 0.15) is 61.8 Å². The van der Waals surface area contributed by atoms with Gasteiger partial charge in [0, 0.05) is 40.2 Å². The number of piperazine rings is 1. The second kappa shape index (κ2) is 11.5. The number of aromatic hydroxyl groups is 1. The van der Waals surface area contributed by atoms with Crippen molar-refractivity contribution in [2.24, 2.45) is 0 Å². The molecule has 1 heterocycles. The van der Waals surface area contributed by atoms with Crippen LogP contribution >= 0.6 is 0 Å². The summed E-state index contributed by atoms with van der Waals surface area (Å²) >= 11 is 0. The van der Waals surface area contributed by atoms with Crippen molar-refractivity contribution in [3.05, 3.63) is 64.7 Å². The number of phenolic OH excluding ortho intramolecular Hbond substituents is 1. The lowest BCUT2D eigenvalue weighted by atomic mass is 9.93. The largest absolute Gasteiger partial charge is 0.508 e. The zero-order valence-electron chi connectivity index (χ0n) is 20.8. The number of nitrogens with one attached hydrogen (secondary N) is 1. The highest BCUT2D eigenvalue weighted by atomic mass is 19.4. The van der Waals surface area contributed by atoms with Gasteiger partial charge in [-0.05, 0) is 54.3 Å². The van der Waals surface area contributed by atoms with Crippen molar-refractivity contribution < 1.29 is 37.7 Å². The Kier molecular flexibility index (Phi) is 8.56. The molecule has 1 aliphatic carbocycles. The van der Waals surface area contributed by atoms with Gasteiger partial charge in [-0.2, -0.15) is 26.3 Å². The highest BCUT2D eigenvalue weighted by Crippen LogP contribution is 2.36. The number of benzene rings is 2. The molecule has 1 aliphatic heterocycles. The van der Waals surface area contributed by atoms with E-state index in [1.165, 1.54) is 31.4 Å². The summed E-state index contributed by atoms with van der Waals surface area (Å²) in [6.45, 7) is 2.10. The van der Waals surface area contributed by atoms with Crippen molar-refractivity contribution >= 4 is 5.91 Å². The van der Waals surface area contributed by atoms with Crippen molar-refractivity contribution in [2.75, 3.05) is 26.2 Å². The van der Waals surface area contributed by atoms with Gasteiger partial charge in [-0.3, -0.25) is 14.6 Å². The Labute approximate surface area is 218 Å². The third-order valence-electron chi connectivity index (χ3n) is 7.35. The lowest BCUT2D eigenvalue weighted by Gasteiger charge is -2.43. The van der Waals surface area contributed by atoms with Crippen molar-refractivity contribution in [1.82, 2.24) is 15.1 Å². The van der Waals surface area contributed by atoms with E-state index in [2.05, 4.69) is 10.2 Å². The third-order valence-corrected chi connectivity index (χ3v) is 7.35. The van der Waals surface area contributed by atoms with Gasteiger partial charge < -0.3 is 10.4 Å². The molecule has 2 aromatic rings. The highest BCUT2D eigenvalue weighted by Gasteiger charge is 2.37. The first-order valence-electron chi connectivity index (χ1n) is 12.7. The molecule has 2 N–H and O–H groups in total. The first-order chi connectivity index (χ1) is 17.9. The van der Waals surface area contributed by atoms with Crippen LogP contribution in [0.2, 0.25) is 0 Å². The Balaban J connectivity index is 0.00000420. The lowest BCUT2D eigenvalue weighted by Crippen LogP contribution is -2.53. The third kappa shape index (κ3) is 6.99. The predicted molar refractivity (Wildman–Crippen MR) is 131 cm³/mol. The molecule has 2 aliphatic rings. The average Bonchev–Trinajstić information content (AvgIpc) is 2.87. The van der Waals surface area contributed by atoms with Crippen molar-refractivity contribution in [1.29, 1.82) is 0 Å². The van der Waals surface area contributed by atoms with E-state index in [4.69, 9.17) is 0 Å². The molecule has 5 nitrogen and oxygen atoms in total. The Morgan fingerprint density at radius 2 is 1.53 bits per heavy atom. The maximum Gasteiger partial charge on any atom is 0.416 e. The summed E-state index contributed by atoms with van der Waals surface area (Å²) in [7, 11) is 0.